The van der Waals surface area contributed by atoms with E-state index in [4.69, 9.17) is 16.3 Å². The molecule has 2 fully saturated rings. The smallest absolute Gasteiger partial charge is 0.254 e. The molecule has 0 saturated carbocycles. The predicted molar refractivity (Wildman–Crippen MR) is 118 cm³/mol. The summed E-state index contributed by atoms with van der Waals surface area (Å²) >= 11 is 7.24. The first-order valence-electron chi connectivity index (χ1n) is 9.83. The monoisotopic (exact) mass is 469 g/mol. The molecule has 30 heavy (non-hydrogen) atoms. The van der Waals surface area contributed by atoms with Gasteiger partial charge in [0.15, 0.2) is 0 Å². The first-order valence-corrected chi connectivity index (χ1v) is 12.5. The maximum atomic E-state index is 13.1. The highest BCUT2D eigenvalue weighted by molar-refractivity contribution is 7.91. The molecule has 2 saturated heterocycles. The van der Waals surface area contributed by atoms with Crippen LogP contribution in [0.2, 0.25) is 5.02 Å². The minimum Gasteiger partial charge on any atom is -0.378 e. The summed E-state index contributed by atoms with van der Waals surface area (Å²) in [5.41, 5.74) is 2.57. The molecule has 0 N–H and O–H groups in total. The van der Waals surface area contributed by atoms with E-state index in [0.717, 1.165) is 22.6 Å². The Morgan fingerprint density at radius 3 is 2.47 bits per heavy atom. The molecule has 2 aliphatic heterocycles. The standard InChI is InChI=1S/C20H24ClN3O4S2/c1-15-2-3-17(21)13-18(15)22-4-6-24(7-5-22)30(26,27)19-12-16(14-29-19)20(25)23-8-10-28-11-9-23/h2-3,12-14H,4-11H2,1H3. The van der Waals surface area contributed by atoms with E-state index in [1.165, 1.54) is 10.4 Å². The number of carbonyl (C=O) groups excluding carboxylic acids is 1. The molecule has 3 heterocycles. The van der Waals surface area contributed by atoms with Gasteiger partial charge >= 0.3 is 0 Å². The molecule has 162 valence electrons. The second-order valence-electron chi connectivity index (χ2n) is 7.38. The fourth-order valence-electron chi connectivity index (χ4n) is 3.73. The Morgan fingerprint density at radius 2 is 1.77 bits per heavy atom. The lowest BCUT2D eigenvalue weighted by Gasteiger charge is -2.36. The number of morpholine rings is 1. The third-order valence-electron chi connectivity index (χ3n) is 5.47. The van der Waals surface area contributed by atoms with Crippen LogP contribution in [0.25, 0.3) is 0 Å². The van der Waals surface area contributed by atoms with Crippen LogP contribution in [-0.2, 0) is 14.8 Å². The van der Waals surface area contributed by atoms with Crippen LogP contribution >= 0.6 is 22.9 Å². The van der Waals surface area contributed by atoms with Crippen molar-refractivity contribution in [2.75, 3.05) is 57.4 Å². The van der Waals surface area contributed by atoms with Crippen molar-refractivity contribution in [2.24, 2.45) is 0 Å². The second kappa shape index (κ2) is 8.84. The molecule has 0 bridgehead atoms. The summed E-state index contributed by atoms with van der Waals surface area (Å²) in [6.45, 7) is 6.06. The summed E-state index contributed by atoms with van der Waals surface area (Å²) in [7, 11) is -3.63. The normalized spacial score (nSPS) is 18.6. The van der Waals surface area contributed by atoms with Crippen LogP contribution in [0.1, 0.15) is 15.9 Å². The van der Waals surface area contributed by atoms with Gasteiger partial charge in [0.05, 0.1) is 18.8 Å². The highest BCUT2D eigenvalue weighted by Gasteiger charge is 2.31. The van der Waals surface area contributed by atoms with E-state index in [9.17, 15) is 13.2 Å². The van der Waals surface area contributed by atoms with Gasteiger partial charge in [-0.25, -0.2) is 8.42 Å². The lowest BCUT2D eigenvalue weighted by molar-refractivity contribution is 0.0303. The number of sulfonamides is 1. The molecule has 1 aromatic carbocycles. The Bertz CT molecular complexity index is 1030. The average molecular weight is 470 g/mol. The molecule has 0 spiro atoms. The quantitative estimate of drug-likeness (QED) is 0.688. The number of hydrogen-bond donors (Lipinski definition) is 0. The second-order valence-corrected chi connectivity index (χ2v) is 10.9. The Hall–Kier alpha value is -1.65. The highest BCUT2D eigenvalue weighted by atomic mass is 35.5. The van der Waals surface area contributed by atoms with Crippen LogP contribution in [0.15, 0.2) is 33.9 Å². The van der Waals surface area contributed by atoms with Crippen molar-refractivity contribution in [1.29, 1.82) is 0 Å². The number of amides is 1. The van der Waals surface area contributed by atoms with E-state index < -0.39 is 10.0 Å². The number of aryl methyl sites for hydroxylation is 1. The van der Waals surface area contributed by atoms with Gasteiger partial charge in [-0.1, -0.05) is 17.7 Å². The zero-order valence-electron chi connectivity index (χ0n) is 16.7. The number of rotatable bonds is 4. The van der Waals surface area contributed by atoms with Gasteiger partial charge in [0.1, 0.15) is 4.21 Å². The number of piperazine rings is 1. The Morgan fingerprint density at radius 1 is 1.07 bits per heavy atom. The van der Waals surface area contributed by atoms with Gasteiger partial charge in [-0.05, 0) is 30.7 Å². The average Bonchev–Trinajstić information content (AvgIpc) is 3.27. The molecule has 7 nitrogen and oxygen atoms in total. The molecule has 4 rings (SSSR count). The van der Waals surface area contributed by atoms with Crippen LogP contribution in [0.5, 0.6) is 0 Å². The summed E-state index contributed by atoms with van der Waals surface area (Å²) in [6.07, 6.45) is 0. The minimum absolute atomic E-state index is 0.141. The number of ether oxygens (including phenoxy) is 1. The van der Waals surface area contributed by atoms with E-state index >= 15 is 0 Å². The first kappa shape index (κ1) is 21.6. The topological polar surface area (TPSA) is 70.2 Å². The zero-order chi connectivity index (χ0) is 21.3. The number of thiophene rings is 1. The first-order chi connectivity index (χ1) is 14.4. The number of halogens is 1. The van der Waals surface area contributed by atoms with Gasteiger partial charge in [-0.15, -0.1) is 11.3 Å². The van der Waals surface area contributed by atoms with Crippen molar-refractivity contribution >= 4 is 44.6 Å². The van der Waals surface area contributed by atoms with Gasteiger partial charge in [0.25, 0.3) is 15.9 Å². The largest absolute Gasteiger partial charge is 0.378 e. The predicted octanol–water partition coefficient (Wildman–Crippen LogP) is 2.69. The lowest BCUT2D eigenvalue weighted by Crippen LogP contribution is -2.48. The van der Waals surface area contributed by atoms with Crippen molar-refractivity contribution in [3.8, 4) is 0 Å². The Balaban J connectivity index is 1.44. The fourth-order valence-corrected chi connectivity index (χ4v) is 6.63. The van der Waals surface area contributed by atoms with Gasteiger partial charge in [0, 0.05) is 55.4 Å². The molecule has 1 aromatic heterocycles. The van der Waals surface area contributed by atoms with Crippen LogP contribution in [0, 0.1) is 6.92 Å². The van der Waals surface area contributed by atoms with Crippen LogP contribution in [-0.4, -0.2) is 76.0 Å². The van der Waals surface area contributed by atoms with E-state index in [2.05, 4.69) is 4.90 Å². The van der Waals surface area contributed by atoms with Crippen molar-refractivity contribution in [2.45, 2.75) is 11.1 Å². The maximum absolute atomic E-state index is 13.1. The molecule has 0 unspecified atom stereocenters. The van der Waals surface area contributed by atoms with Crippen molar-refractivity contribution in [3.05, 3.63) is 45.8 Å². The van der Waals surface area contributed by atoms with Gasteiger partial charge in [-0.2, -0.15) is 4.31 Å². The molecule has 0 radical (unpaired) electrons. The fraction of sp³-hybridized carbons (Fsp3) is 0.450. The molecular formula is C20H24ClN3O4S2. The Kier molecular flexibility index (Phi) is 6.36. The van der Waals surface area contributed by atoms with E-state index in [1.54, 1.807) is 10.3 Å². The number of anilines is 1. The van der Waals surface area contributed by atoms with Crippen LogP contribution < -0.4 is 4.90 Å². The molecule has 10 heteroatoms. The number of hydrogen-bond acceptors (Lipinski definition) is 6. The number of nitrogens with zero attached hydrogens (tertiary/aromatic N) is 3. The minimum atomic E-state index is -3.63. The summed E-state index contributed by atoms with van der Waals surface area (Å²) in [5, 5.41) is 2.30. The molecule has 1 amide bonds. The zero-order valence-corrected chi connectivity index (χ0v) is 19.1. The van der Waals surface area contributed by atoms with E-state index in [0.29, 0.717) is 63.1 Å². The van der Waals surface area contributed by atoms with Crippen LogP contribution in [0.3, 0.4) is 0 Å². The van der Waals surface area contributed by atoms with Gasteiger partial charge in [-0.3, -0.25) is 4.79 Å². The summed E-state index contributed by atoms with van der Waals surface area (Å²) in [5.74, 6) is -0.141. The Labute approximate surface area is 185 Å². The SMILES string of the molecule is Cc1ccc(Cl)cc1N1CCN(S(=O)(=O)c2cc(C(=O)N3CCOCC3)cs2)CC1. The number of carbonyl (C=O) groups is 1. The van der Waals surface area contributed by atoms with Crippen molar-refractivity contribution in [1.82, 2.24) is 9.21 Å². The lowest BCUT2D eigenvalue weighted by atomic mass is 10.1. The third-order valence-corrected chi connectivity index (χ3v) is 9.01. The summed E-state index contributed by atoms with van der Waals surface area (Å²) in [6, 6.07) is 7.25. The molecule has 2 aliphatic rings. The van der Waals surface area contributed by atoms with E-state index in [1.807, 2.05) is 25.1 Å². The van der Waals surface area contributed by atoms with Gasteiger partial charge in [0.2, 0.25) is 0 Å². The van der Waals surface area contributed by atoms with Crippen molar-refractivity contribution in [3.63, 3.8) is 0 Å². The molecule has 2 aromatic rings. The van der Waals surface area contributed by atoms with Gasteiger partial charge < -0.3 is 14.5 Å². The van der Waals surface area contributed by atoms with Crippen molar-refractivity contribution < 1.29 is 17.9 Å². The summed E-state index contributed by atoms with van der Waals surface area (Å²) in [4.78, 5) is 16.5. The molecule has 0 aliphatic carbocycles. The highest BCUT2D eigenvalue weighted by Crippen LogP contribution is 2.29. The van der Waals surface area contributed by atoms with E-state index in [-0.39, 0.29) is 10.1 Å². The van der Waals surface area contributed by atoms with Crippen LogP contribution in [0.4, 0.5) is 5.69 Å². The molecule has 0 atom stereocenters. The third kappa shape index (κ3) is 4.36. The maximum Gasteiger partial charge on any atom is 0.254 e. The summed E-state index contributed by atoms with van der Waals surface area (Å²) < 4.78 is 33.2. The number of benzene rings is 1. The molecular weight excluding hydrogens is 446 g/mol.